The average molecular weight is 236 g/mol. The van der Waals surface area contributed by atoms with Crippen molar-refractivity contribution in [3.63, 3.8) is 0 Å². The highest BCUT2D eigenvalue weighted by molar-refractivity contribution is 5.68. The molecule has 17 heavy (non-hydrogen) atoms. The third-order valence-electron chi connectivity index (χ3n) is 2.83. The van der Waals surface area contributed by atoms with E-state index in [2.05, 4.69) is 16.8 Å². The van der Waals surface area contributed by atoms with Gasteiger partial charge in [0, 0.05) is 30.8 Å². The Morgan fingerprint density at radius 3 is 3.29 bits per heavy atom. The van der Waals surface area contributed by atoms with Gasteiger partial charge in [-0.1, -0.05) is 12.7 Å². The molecule has 2 heterocycles. The first-order valence-corrected chi connectivity index (χ1v) is 5.54. The molecule has 0 bridgehead atoms. The van der Waals surface area contributed by atoms with Crippen LogP contribution in [0.2, 0.25) is 0 Å². The van der Waals surface area contributed by atoms with E-state index in [0.717, 1.165) is 12.1 Å². The van der Waals surface area contributed by atoms with E-state index in [0.29, 0.717) is 18.9 Å². The Morgan fingerprint density at radius 2 is 2.65 bits per heavy atom. The third-order valence-corrected chi connectivity index (χ3v) is 2.83. The van der Waals surface area contributed by atoms with Gasteiger partial charge < -0.3 is 15.4 Å². The summed E-state index contributed by atoms with van der Waals surface area (Å²) in [5.74, 6) is 0.740. The molecule has 3 N–H and O–H groups in total. The minimum Gasteiger partial charge on any atom is -0.445 e. The molecule has 6 heteroatoms. The molecule has 1 amide bonds. The predicted molar refractivity (Wildman–Crippen MR) is 63.5 cm³/mol. The van der Waals surface area contributed by atoms with E-state index in [1.807, 2.05) is 6.07 Å². The quantitative estimate of drug-likeness (QED) is 0.770. The largest absolute Gasteiger partial charge is 0.445 e. The maximum Gasteiger partial charge on any atom is 0.410 e. The molecule has 1 aliphatic heterocycles. The fourth-order valence-electron chi connectivity index (χ4n) is 1.96. The van der Waals surface area contributed by atoms with E-state index in [9.17, 15) is 4.79 Å². The minimum atomic E-state index is -0.292. The molecule has 0 saturated carbocycles. The zero-order valence-corrected chi connectivity index (χ0v) is 9.56. The number of nitrogens with one attached hydrogen (secondary N) is 1. The number of aromatic amines is 1. The summed E-state index contributed by atoms with van der Waals surface area (Å²) >= 11 is 0. The number of ether oxygens (including phenoxy) is 1. The molecule has 1 atom stereocenters. The van der Waals surface area contributed by atoms with Crippen LogP contribution in [0.4, 0.5) is 10.6 Å². The van der Waals surface area contributed by atoms with Gasteiger partial charge in [0.05, 0.1) is 0 Å². The Bertz CT molecular complexity index is 415. The highest BCUT2D eigenvalue weighted by Crippen LogP contribution is 2.26. The Morgan fingerprint density at radius 1 is 1.82 bits per heavy atom. The van der Waals surface area contributed by atoms with Gasteiger partial charge in [-0.05, 0) is 6.42 Å². The van der Waals surface area contributed by atoms with Gasteiger partial charge >= 0.3 is 6.09 Å². The lowest BCUT2D eigenvalue weighted by atomic mass is 10.1. The molecule has 0 spiro atoms. The highest BCUT2D eigenvalue weighted by Gasteiger charge is 2.29. The molecule has 1 aromatic rings. The minimum absolute atomic E-state index is 0.247. The number of rotatable bonds is 3. The number of aromatic nitrogens is 2. The van der Waals surface area contributed by atoms with Crippen LogP contribution in [0.5, 0.6) is 0 Å². The van der Waals surface area contributed by atoms with Gasteiger partial charge in [-0.25, -0.2) is 4.79 Å². The van der Waals surface area contributed by atoms with E-state index in [1.54, 1.807) is 11.0 Å². The van der Waals surface area contributed by atoms with Crippen molar-refractivity contribution < 1.29 is 9.53 Å². The van der Waals surface area contributed by atoms with E-state index < -0.39 is 0 Å². The zero-order valence-electron chi connectivity index (χ0n) is 9.56. The van der Waals surface area contributed by atoms with E-state index >= 15 is 0 Å². The number of anilines is 1. The Balaban J connectivity index is 1.91. The first-order chi connectivity index (χ1) is 8.20. The summed E-state index contributed by atoms with van der Waals surface area (Å²) in [6.45, 7) is 5.08. The number of hydrogen-bond acceptors (Lipinski definition) is 4. The van der Waals surface area contributed by atoms with Gasteiger partial charge in [0.15, 0.2) is 0 Å². The topological polar surface area (TPSA) is 84.2 Å². The van der Waals surface area contributed by atoms with Crippen LogP contribution in [0.15, 0.2) is 18.7 Å². The van der Waals surface area contributed by atoms with Crippen molar-refractivity contribution in [1.82, 2.24) is 15.1 Å². The van der Waals surface area contributed by atoms with E-state index in [4.69, 9.17) is 10.5 Å². The van der Waals surface area contributed by atoms with E-state index in [1.165, 1.54) is 0 Å². The molecule has 1 aromatic heterocycles. The van der Waals surface area contributed by atoms with Crippen LogP contribution in [0.3, 0.4) is 0 Å². The number of nitrogen functional groups attached to an aromatic ring is 1. The van der Waals surface area contributed by atoms with Crippen molar-refractivity contribution in [1.29, 1.82) is 0 Å². The molecule has 1 fully saturated rings. The maximum atomic E-state index is 11.6. The predicted octanol–water partition coefficient (Wildman–Crippen LogP) is 1.10. The number of nitrogens with zero attached hydrogens (tertiary/aromatic N) is 2. The van der Waals surface area contributed by atoms with Crippen molar-refractivity contribution in [2.45, 2.75) is 12.3 Å². The standard InChI is InChI=1S/C11H16N4O2/c1-2-5-17-11(16)15-4-3-8(7-15)9-6-10(12)14-13-9/h2,6,8H,1,3-5,7H2,(H3,12,13,14). The van der Waals surface area contributed by atoms with Gasteiger partial charge in [-0.15, -0.1) is 0 Å². The molecule has 1 aliphatic rings. The number of carbonyl (C=O) groups is 1. The normalized spacial score (nSPS) is 19.3. The smallest absolute Gasteiger partial charge is 0.410 e. The molecule has 0 aliphatic carbocycles. The van der Waals surface area contributed by atoms with Crippen LogP contribution in [-0.2, 0) is 4.74 Å². The summed E-state index contributed by atoms with van der Waals surface area (Å²) in [7, 11) is 0. The summed E-state index contributed by atoms with van der Waals surface area (Å²) in [6.07, 6.45) is 2.16. The Kier molecular flexibility index (Phi) is 3.32. The Hall–Kier alpha value is -1.98. The van der Waals surface area contributed by atoms with Gasteiger partial charge in [0.2, 0.25) is 0 Å². The average Bonchev–Trinajstić information content (AvgIpc) is 2.93. The second kappa shape index (κ2) is 4.90. The molecule has 92 valence electrons. The second-order valence-electron chi connectivity index (χ2n) is 4.05. The first kappa shape index (κ1) is 11.5. The van der Waals surface area contributed by atoms with Crippen molar-refractivity contribution in [2.75, 3.05) is 25.4 Å². The van der Waals surface area contributed by atoms with Crippen LogP contribution in [0.1, 0.15) is 18.0 Å². The van der Waals surface area contributed by atoms with Gasteiger partial charge in [0.1, 0.15) is 12.4 Å². The molecule has 2 rings (SSSR count). The molecule has 1 unspecified atom stereocenters. The maximum absolute atomic E-state index is 11.6. The summed E-state index contributed by atoms with van der Waals surface area (Å²) in [6, 6.07) is 1.81. The molecule has 6 nitrogen and oxygen atoms in total. The molecule has 1 saturated heterocycles. The van der Waals surface area contributed by atoms with Crippen LogP contribution < -0.4 is 5.73 Å². The van der Waals surface area contributed by atoms with Crippen molar-refractivity contribution in [2.24, 2.45) is 0 Å². The van der Waals surface area contributed by atoms with Crippen molar-refractivity contribution >= 4 is 11.9 Å². The number of amides is 1. The number of carbonyl (C=O) groups excluding carboxylic acids is 1. The first-order valence-electron chi connectivity index (χ1n) is 5.54. The summed E-state index contributed by atoms with van der Waals surface area (Å²) in [5, 5.41) is 6.77. The van der Waals surface area contributed by atoms with E-state index in [-0.39, 0.29) is 18.6 Å². The van der Waals surface area contributed by atoms with Crippen molar-refractivity contribution in [3.05, 3.63) is 24.4 Å². The third kappa shape index (κ3) is 2.58. The number of likely N-dealkylation sites (tertiary alicyclic amines) is 1. The van der Waals surface area contributed by atoms with Gasteiger partial charge in [0.25, 0.3) is 0 Å². The lowest BCUT2D eigenvalue weighted by Gasteiger charge is -2.15. The summed E-state index contributed by atoms with van der Waals surface area (Å²) < 4.78 is 4.98. The lowest BCUT2D eigenvalue weighted by Crippen LogP contribution is -2.29. The number of hydrogen-bond donors (Lipinski definition) is 2. The lowest BCUT2D eigenvalue weighted by molar-refractivity contribution is 0.121. The Labute approximate surface area is 99.4 Å². The van der Waals surface area contributed by atoms with Crippen LogP contribution in [0.25, 0.3) is 0 Å². The molecular formula is C11H16N4O2. The fraction of sp³-hybridized carbons (Fsp3) is 0.455. The summed E-state index contributed by atoms with van der Waals surface area (Å²) in [5.41, 5.74) is 6.52. The van der Waals surface area contributed by atoms with Crippen LogP contribution in [-0.4, -0.2) is 40.9 Å². The fourth-order valence-corrected chi connectivity index (χ4v) is 1.96. The molecule has 0 aromatic carbocycles. The summed E-state index contributed by atoms with van der Waals surface area (Å²) in [4.78, 5) is 13.3. The molecule has 0 radical (unpaired) electrons. The zero-order chi connectivity index (χ0) is 12.3. The van der Waals surface area contributed by atoms with Crippen molar-refractivity contribution in [3.8, 4) is 0 Å². The van der Waals surface area contributed by atoms with Gasteiger partial charge in [-0.2, -0.15) is 5.10 Å². The number of nitrogens with two attached hydrogens (primary N) is 1. The van der Waals surface area contributed by atoms with Crippen LogP contribution in [0, 0.1) is 0 Å². The second-order valence-corrected chi connectivity index (χ2v) is 4.05. The molecular weight excluding hydrogens is 220 g/mol. The SMILES string of the molecule is C=CCOC(=O)N1CCC(c2cc(N)n[nH]2)C1. The monoisotopic (exact) mass is 236 g/mol. The van der Waals surface area contributed by atoms with Crippen LogP contribution >= 0.6 is 0 Å². The highest BCUT2D eigenvalue weighted by atomic mass is 16.6. The number of H-pyrrole nitrogens is 1. The van der Waals surface area contributed by atoms with Gasteiger partial charge in [-0.3, -0.25) is 5.10 Å².